The van der Waals surface area contributed by atoms with E-state index < -0.39 is 18.1 Å². The summed E-state index contributed by atoms with van der Waals surface area (Å²) in [4.78, 5) is 39.8. The zero-order valence-electron chi connectivity index (χ0n) is 15.4. The van der Waals surface area contributed by atoms with Crippen LogP contribution in [0.1, 0.15) is 20.3 Å². The molecule has 0 unspecified atom stereocenters. The molecule has 29 heavy (non-hydrogen) atoms. The van der Waals surface area contributed by atoms with Crippen LogP contribution in [0.25, 0.3) is 0 Å². The van der Waals surface area contributed by atoms with E-state index in [0.717, 1.165) is 5.01 Å². The van der Waals surface area contributed by atoms with Crippen molar-refractivity contribution in [2.24, 2.45) is 16.0 Å². The van der Waals surface area contributed by atoms with E-state index in [9.17, 15) is 14.4 Å². The minimum atomic E-state index is -0.628. The highest BCUT2D eigenvalue weighted by atomic mass is 79.9. The number of aliphatic imine (C=N–C) groups is 1. The molecular weight excluding hydrogens is 464 g/mol. The van der Waals surface area contributed by atoms with Gasteiger partial charge in [-0.15, -0.1) is 0 Å². The normalized spacial score (nSPS) is 17.0. The number of halogens is 2. The number of carbonyl (C=O) groups excluding carboxylic acids is 3. The summed E-state index contributed by atoms with van der Waals surface area (Å²) < 4.78 is 6.17. The number of nitrogens with zero attached hydrogens (tertiary/aromatic N) is 4. The minimum absolute atomic E-state index is 0.00533. The van der Waals surface area contributed by atoms with Crippen molar-refractivity contribution in [3.05, 3.63) is 33.3 Å². The fraction of sp³-hybridized carbons (Fsp3) is 0.263. The standard InChI is InChI=1S/C19H14BrClN4O4/c1-9(2)11-5-17(23-8-16(11)27)29-19-12(20)3-10(4-13(19)21)25-18(28)6-15(26)14(7-22)24-25/h3-5,9H,6,8H2,1-2H3. The quantitative estimate of drug-likeness (QED) is 0.620. The first-order valence-electron chi connectivity index (χ1n) is 8.52. The van der Waals surface area contributed by atoms with Gasteiger partial charge in [0.15, 0.2) is 11.5 Å². The Morgan fingerprint density at radius 3 is 2.62 bits per heavy atom. The Balaban J connectivity index is 1.92. The monoisotopic (exact) mass is 476 g/mol. The van der Waals surface area contributed by atoms with E-state index in [1.54, 1.807) is 12.1 Å². The van der Waals surface area contributed by atoms with Crippen molar-refractivity contribution in [1.29, 1.82) is 5.26 Å². The van der Waals surface area contributed by atoms with Crippen molar-refractivity contribution in [2.75, 3.05) is 11.6 Å². The van der Waals surface area contributed by atoms with Crippen LogP contribution >= 0.6 is 27.5 Å². The molecule has 0 radical (unpaired) electrons. The van der Waals surface area contributed by atoms with Crippen molar-refractivity contribution < 1.29 is 19.1 Å². The van der Waals surface area contributed by atoms with Crippen LogP contribution in [0.15, 0.2) is 38.3 Å². The molecule has 8 nitrogen and oxygen atoms in total. The van der Waals surface area contributed by atoms with E-state index in [1.165, 1.54) is 12.1 Å². The molecule has 0 saturated heterocycles. The van der Waals surface area contributed by atoms with Crippen molar-refractivity contribution in [3.8, 4) is 11.8 Å². The summed E-state index contributed by atoms with van der Waals surface area (Å²) in [7, 11) is 0. The number of anilines is 1. The molecule has 0 bridgehead atoms. The number of rotatable bonds is 3. The third-order valence-electron chi connectivity index (χ3n) is 4.15. The molecule has 0 aliphatic carbocycles. The summed E-state index contributed by atoms with van der Waals surface area (Å²) in [5.74, 6) is -0.752. The predicted molar refractivity (Wildman–Crippen MR) is 110 cm³/mol. The lowest BCUT2D eigenvalue weighted by Gasteiger charge is -2.22. The second kappa shape index (κ2) is 8.27. The smallest absolute Gasteiger partial charge is 0.255 e. The Hall–Kier alpha value is -2.83. The van der Waals surface area contributed by atoms with E-state index in [1.807, 2.05) is 13.8 Å². The zero-order chi connectivity index (χ0) is 21.3. The highest BCUT2D eigenvalue weighted by Crippen LogP contribution is 2.38. The Kier molecular flexibility index (Phi) is 5.96. The molecule has 0 saturated carbocycles. The molecule has 3 rings (SSSR count). The van der Waals surface area contributed by atoms with Crippen molar-refractivity contribution >= 4 is 62.3 Å². The minimum Gasteiger partial charge on any atom is -0.437 e. The van der Waals surface area contributed by atoms with E-state index in [0.29, 0.717) is 10.0 Å². The SMILES string of the molecule is CC(C)C1=CC(Oc2c(Cl)cc(N3N=C(C#N)C(=O)CC3=O)cc2Br)=NCC1=O. The van der Waals surface area contributed by atoms with Gasteiger partial charge >= 0.3 is 0 Å². The van der Waals surface area contributed by atoms with Crippen molar-refractivity contribution in [1.82, 2.24) is 0 Å². The molecule has 1 aromatic carbocycles. The number of ether oxygens (including phenoxy) is 1. The van der Waals surface area contributed by atoms with Crippen molar-refractivity contribution in [3.63, 3.8) is 0 Å². The average molecular weight is 478 g/mol. The summed E-state index contributed by atoms with van der Waals surface area (Å²) in [6, 6.07) is 4.62. The third-order valence-corrected chi connectivity index (χ3v) is 5.02. The van der Waals surface area contributed by atoms with Gasteiger partial charge in [0.2, 0.25) is 17.4 Å². The summed E-state index contributed by atoms with van der Waals surface area (Å²) in [5.41, 5.74) is 0.518. The maximum Gasteiger partial charge on any atom is 0.255 e. The lowest BCUT2D eigenvalue weighted by molar-refractivity contribution is -0.124. The van der Waals surface area contributed by atoms with E-state index in [2.05, 4.69) is 26.0 Å². The molecule has 10 heteroatoms. The molecule has 2 heterocycles. The fourth-order valence-corrected chi connectivity index (χ4v) is 3.61. The van der Waals surface area contributed by atoms with Gasteiger partial charge < -0.3 is 4.74 Å². The van der Waals surface area contributed by atoms with E-state index in [-0.39, 0.29) is 46.3 Å². The lowest BCUT2D eigenvalue weighted by atomic mass is 9.97. The molecule has 0 fully saturated rings. The van der Waals surface area contributed by atoms with Gasteiger partial charge in [-0.05, 0) is 34.0 Å². The van der Waals surface area contributed by atoms with Crippen LogP contribution < -0.4 is 9.75 Å². The highest BCUT2D eigenvalue weighted by molar-refractivity contribution is 9.10. The van der Waals surface area contributed by atoms with Crippen LogP contribution in [-0.2, 0) is 14.4 Å². The van der Waals surface area contributed by atoms with Crippen LogP contribution in [-0.4, -0.2) is 35.6 Å². The number of hydrogen-bond acceptors (Lipinski definition) is 7. The number of carbonyl (C=O) groups is 3. The van der Waals surface area contributed by atoms with Gasteiger partial charge in [-0.3, -0.25) is 14.4 Å². The number of benzene rings is 1. The van der Waals surface area contributed by atoms with Gasteiger partial charge in [-0.1, -0.05) is 25.4 Å². The Morgan fingerprint density at radius 2 is 2.00 bits per heavy atom. The lowest BCUT2D eigenvalue weighted by Crippen LogP contribution is -2.36. The van der Waals surface area contributed by atoms with Gasteiger partial charge in [-0.2, -0.15) is 15.4 Å². The second-order valence-corrected chi connectivity index (χ2v) is 7.80. The summed E-state index contributed by atoms with van der Waals surface area (Å²) in [6.45, 7) is 3.80. The van der Waals surface area contributed by atoms with Gasteiger partial charge in [0.25, 0.3) is 5.91 Å². The molecule has 2 aliphatic rings. The van der Waals surface area contributed by atoms with E-state index in [4.69, 9.17) is 21.6 Å². The molecule has 0 N–H and O–H groups in total. The Bertz CT molecular complexity index is 1050. The molecule has 0 atom stereocenters. The van der Waals surface area contributed by atoms with E-state index >= 15 is 0 Å². The van der Waals surface area contributed by atoms with Crippen molar-refractivity contribution in [2.45, 2.75) is 20.3 Å². The predicted octanol–water partition coefficient (Wildman–Crippen LogP) is 3.23. The summed E-state index contributed by atoms with van der Waals surface area (Å²) in [6.07, 6.45) is 1.13. The summed E-state index contributed by atoms with van der Waals surface area (Å²) in [5, 5.41) is 13.9. The largest absolute Gasteiger partial charge is 0.437 e. The maximum absolute atomic E-state index is 12.2. The van der Waals surface area contributed by atoms with Gasteiger partial charge in [0.1, 0.15) is 12.6 Å². The number of dihydropyridines is 1. The highest BCUT2D eigenvalue weighted by Gasteiger charge is 2.29. The number of hydrazone groups is 1. The maximum atomic E-state index is 12.2. The molecular formula is C19H14BrClN4O4. The molecule has 1 amide bonds. The van der Waals surface area contributed by atoms with Gasteiger partial charge in [0.05, 0.1) is 21.6 Å². The van der Waals surface area contributed by atoms with Gasteiger partial charge in [0, 0.05) is 11.6 Å². The Morgan fingerprint density at radius 1 is 1.28 bits per heavy atom. The first-order valence-corrected chi connectivity index (χ1v) is 9.69. The molecule has 1 aromatic rings. The molecule has 148 valence electrons. The van der Waals surface area contributed by atoms with Crippen LogP contribution in [0, 0.1) is 17.2 Å². The van der Waals surface area contributed by atoms with Crippen LogP contribution in [0.2, 0.25) is 5.02 Å². The number of Topliss-reactive ketones (excluding diaryl/α,β-unsaturated/α-hetero) is 2. The Labute approximate surface area is 179 Å². The zero-order valence-corrected chi connectivity index (χ0v) is 17.7. The van der Waals surface area contributed by atoms with Crippen LogP contribution in [0.3, 0.4) is 0 Å². The van der Waals surface area contributed by atoms with Crippen LogP contribution in [0.5, 0.6) is 5.75 Å². The third kappa shape index (κ3) is 4.28. The summed E-state index contributed by atoms with van der Waals surface area (Å²) >= 11 is 9.67. The molecule has 2 aliphatic heterocycles. The topological polar surface area (TPSA) is 112 Å². The van der Waals surface area contributed by atoms with Gasteiger partial charge in [-0.25, -0.2) is 4.99 Å². The fourth-order valence-electron chi connectivity index (χ4n) is 2.72. The molecule has 0 spiro atoms. The second-order valence-electron chi connectivity index (χ2n) is 6.54. The number of nitriles is 1. The average Bonchev–Trinajstić information content (AvgIpc) is 2.65. The first-order chi connectivity index (χ1) is 13.7. The van der Waals surface area contributed by atoms with Crippen LogP contribution in [0.4, 0.5) is 5.69 Å². The number of amides is 1. The molecule has 0 aromatic heterocycles. The number of ketones is 2. The number of hydrogen-bond donors (Lipinski definition) is 0. The first kappa shape index (κ1) is 20.9.